The van der Waals surface area contributed by atoms with E-state index in [4.69, 9.17) is 4.52 Å². The maximum atomic E-state index is 14.1. The minimum atomic E-state index is -3.24. The van der Waals surface area contributed by atoms with Gasteiger partial charge in [0.15, 0.2) is 0 Å². The third kappa shape index (κ3) is 2.88. The summed E-state index contributed by atoms with van der Waals surface area (Å²) >= 11 is 0. The molecule has 0 N–H and O–H groups in total. The molecular weight excluding hydrogens is 339 g/mol. The van der Waals surface area contributed by atoms with Crippen molar-refractivity contribution in [1.82, 2.24) is 0 Å². The van der Waals surface area contributed by atoms with E-state index < -0.39 is 7.37 Å². The third-order valence-electron chi connectivity index (χ3n) is 4.64. The van der Waals surface area contributed by atoms with Gasteiger partial charge in [0.1, 0.15) is 0 Å². The maximum Gasteiger partial charge on any atom is 0.261 e. The van der Waals surface area contributed by atoms with E-state index in [9.17, 15) is 4.57 Å². The molecule has 0 saturated heterocycles. The number of hydrogen-bond acceptors (Lipinski definition) is 2. The number of benzene rings is 3. The summed E-state index contributed by atoms with van der Waals surface area (Å²) in [5.41, 5.74) is 4.09. The van der Waals surface area contributed by atoms with Gasteiger partial charge in [-0.3, -0.25) is 4.57 Å². The summed E-state index contributed by atoms with van der Waals surface area (Å²) in [5, 5.41) is 1.42. The van der Waals surface area contributed by atoms with E-state index in [1.54, 1.807) is 0 Å². The first-order valence-corrected chi connectivity index (χ1v) is 10.1. The number of hydrogen-bond donors (Lipinski definition) is 0. The predicted octanol–water partition coefficient (Wildman–Crippen LogP) is 5.92. The van der Waals surface area contributed by atoms with Crippen LogP contribution in [-0.2, 0) is 9.09 Å². The quantitative estimate of drug-likeness (QED) is 0.543. The van der Waals surface area contributed by atoms with E-state index in [2.05, 4.69) is 18.2 Å². The van der Waals surface area contributed by atoms with E-state index >= 15 is 0 Å². The molecule has 4 rings (SSSR count). The van der Waals surface area contributed by atoms with Gasteiger partial charge in [-0.1, -0.05) is 78.9 Å². The Labute approximate surface area is 153 Å². The molecule has 0 aliphatic heterocycles. The van der Waals surface area contributed by atoms with Gasteiger partial charge in [-0.15, -0.1) is 0 Å². The van der Waals surface area contributed by atoms with Crippen LogP contribution in [0.25, 0.3) is 23.5 Å². The van der Waals surface area contributed by atoms with Crippen LogP contribution in [0.1, 0.15) is 22.3 Å². The molecule has 0 aromatic heterocycles. The molecule has 0 saturated carbocycles. The van der Waals surface area contributed by atoms with Crippen molar-refractivity contribution in [3.8, 4) is 0 Å². The van der Waals surface area contributed by atoms with Gasteiger partial charge in [0.2, 0.25) is 0 Å². The van der Waals surface area contributed by atoms with Gasteiger partial charge in [-0.05, 0) is 40.5 Å². The molecule has 0 amide bonds. The molecule has 0 spiro atoms. The van der Waals surface area contributed by atoms with Gasteiger partial charge < -0.3 is 4.52 Å². The summed E-state index contributed by atoms with van der Waals surface area (Å²) in [4.78, 5) is 0. The molecule has 2 nitrogen and oxygen atoms in total. The van der Waals surface area contributed by atoms with Crippen molar-refractivity contribution in [3.63, 3.8) is 0 Å². The molecule has 26 heavy (non-hydrogen) atoms. The normalized spacial score (nSPS) is 18.3. The second kappa shape index (κ2) is 6.92. The van der Waals surface area contributed by atoms with E-state index in [0.29, 0.717) is 5.30 Å². The maximum absolute atomic E-state index is 14.1. The molecule has 3 heteroatoms. The summed E-state index contributed by atoms with van der Waals surface area (Å²) in [6, 6.07) is 25.6. The Morgan fingerprint density at radius 2 is 1.27 bits per heavy atom. The topological polar surface area (TPSA) is 26.3 Å². The first kappa shape index (κ1) is 16.8. The number of rotatable bonds is 3. The molecule has 0 bridgehead atoms. The Hall–Kier alpha value is -2.67. The van der Waals surface area contributed by atoms with Gasteiger partial charge in [0.05, 0.1) is 0 Å². The first-order chi connectivity index (χ1) is 12.7. The largest absolute Gasteiger partial charge is 0.325 e. The molecular formula is C23H19O2P. The van der Waals surface area contributed by atoms with Crippen molar-refractivity contribution < 1.29 is 9.09 Å². The molecule has 1 atom stereocenters. The summed E-state index contributed by atoms with van der Waals surface area (Å²) in [7, 11) is -1.71. The molecule has 0 radical (unpaired) electrons. The highest BCUT2D eigenvalue weighted by molar-refractivity contribution is 7.77. The third-order valence-corrected chi connectivity index (χ3v) is 7.13. The summed E-state index contributed by atoms with van der Waals surface area (Å²) < 4.78 is 19.8. The lowest BCUT2D eigenvalue weighted by Gasteiger charge is -2.23. The zero-order valence-corrected chi connectivity index (χ0v) is 15.4. The average molecular weight is 358 g/mol. The Balaban J connectivity index is 2.03. The lowest BCUT2D eigenvalue weighted by atomic mass is 9.98. The Kier molecular flexibility index (Phi) is 4.46. The summed E-state index contributed by atoms with van der Waals surface area (Å²) in [6.07, 6.45) is 6.18. The van der Waals surface area contributed by atoms with Crippen LogP contribution in [0, 0.1) is 0 Å². The first-order valence-electron chi connectivity index (χ1n) is 8.52. The smallest absolute Gasteiger partial charge is 0.261 e. The Morgan fingerprint density at radius 3 is 2.00 bits per heavy atom. The van der Waals surface area contributed by atoms with Crippen LogP contribution >= 0.6 is 7.37 Å². The molecule has 3 aromatic carbocycles. The van der Waals surface area contributed by atoms with E-state index in [0.717, 1.165) is 27.6 Å². The highest BCUT2D eigenvalue weighted by atomic mass is 31.2. The molecule has 1 aliphatic rings. The standard InChI is InChI=1S/C23H19O2P/c1-25-26(24,21-12-3-2-4-13-21)23-17-20-11-6-5-9-18(20)15-16-19-10-7-8-14-22(19)23/h2-17H,1H3/b16-15-,18-15?,19-16?,20-17?,23-17+,23-22?. The molecule has 3 aromatic rings. The van der Waals surface area contributed by atoms with Crippen LogP contribution in [0.15, 0.2) is 78.9 Å². The average Bonchev–Trinajstić information content (AvgIpc) is 2.70. The Bertz CT molecular complexity index is 1050. The van der Waals surface area contributed by atoms with Crippen molar-refractivity contribution in [3.05, 3.63) is 101 Å². The van der Waals surface area contributed by atoms with Crippen molar-refractivity contribution in [2.75, 3.05) is 7.11 Å². The van der Waals surface area contributed by atoms with E-state index in [1.165, 1.54) is 7.11 Å². The van der Waals surface area contributed by atoms with Gasteiger partial charge in [0.25, 0.3) is 7.37 Å². The van der Waals surface area contributed by atoms with Crippen LogP contribution in [0.5, 0.6) is 0 Å². The van der Waals surface area contributed by atoms with Crippen molar-refractivity contribution >= 4 is 36.2 Å². The van der Waals surface area contributed by atoms with E-state index in [-0.39, 0.29) is 0 Å². The fraction of sp³-hybridized carbons (Fsp3) is 0.0435. The van der Waals surface area contributed by atoms with Crippen molar-refractivity contribution in [1.29, 1.82) is 0 Å². The highest BCUT2D eigenvalue weighted by Gasteiger charge is 2.32. The van der Waals surface area contributed by atoms with Crippen molar-refractivity contribution in [2.24, 2.45) is 0 Å². The molecule has 1 aliphatic carbocycles. The SMILES string of the molecule is COP(=O)(/C1=C/c2ccccc2/C=C\c2ccccc21)c1ccccc1. The van der Waals surface area contributed by atoms with Gasteiger partial charge in [-0.2, -0.15) is 0 Å². The number of fused-ring (bicyclic) bond motifs is 2. The van der Waals surface area contributed by atoms with Crippen LogP contribution in [0.2, 0.25) is 0 Å². The van der Waals surface area contributed by atoms with Gasteiger partial charge in [0, 0.05) is 17.7 Å². The van der Waals surface area contributed by atoms with Crippen LogP contribution < -0.4 is 5.30 Å². The minimum absolute atomic E-state index is 0.700. The zero-order valence-electron chi connectivity index (χ0n) is 14.5. The van der Waals surface area contributed by atoms with Crippen LogP contribution in [0.4, 0.5) is 0 Å². The Morgan fingerprint density at radius 1 is 0.692 bits per heavy atom. The van der Waals surface area contributed by atoms with Crippen molar-refractivity contribution in [2.45, 2.75) is 0 Å². The fourth-order valence-electron chi connectivity index (χ4n) is 3.28. The van der Waals surface area contributed by atoms with Gasteiger partial charge >= 0.3 is 0 Å². The molecule has 128 valence electrons. The van der Waals surface area contributed by atoms with Gasteiger partial charge in [-0.25, -0.2) is 0 Å². The van der Waals surface area contributed by atoms with E-state index in [1.807, 2.05) is 78.9 Å². The fourth-order valence-corrected chi connectivity index (χ4v) is 5.37. The molecule has 1 unspecified atom stereocenters. The molecule has 0 heterocycles. The lowest BCUT2D eigenvalue weighted by molar-refractivity contribution is 0.413. The molecule has 0 fully saturated rings. The lowest BCUT2D eigenvalue weighted by Crippen LogP contribution is -2.08. The zero-order chi connectivity index (χ0) is 18.0. The minimum Gasteiger partial charge on any atom is -0.325 e. The second-order valence-electron chi connectivity index (χ2n) is 6.15. The highest BCUT2D eigenvalue weighted by Crippen LogP contribution is 2.59. The summed E-state index contributed by atoms with van der Waals surface area (Å²) in [6.45, 7) is 0. The second-order valence-corrected chi connectivity index (χ2v) is 8.62. The summed E-state index contributed by atoms with van der Waals surface area (Å²) in [5.74, 6) is 0. The van der Waals surface area contributed by atoms with Crippen LogP contribution in [-0.4, -0.2) is 7.11 Å². The van der Waals surface area contributed by atoms with Crippen LogP contribution in [0.3, 0.4) is 0 Å². The monoisotopic (exact) mass is 358 g/mol. The predicted molar refractivity (Wildman–Crippen MR) is 110 cm³/mol.